The van der Waals surface area contributed by atoms with E-state index in [4.69, 9.17) is 0 Å². The van der Waals surface area contributed by atoms with Crippen molar-refractivity contribution in [1.29, 1.82) is 0 Å². The van der Waals surface area contributed by atoms with Gasteiger partial charge in [-0.25, -0.2) is 9.50 Å². The number of halogens is 2. The summed E-state index contributed by atoms with van der Waals surface area (Å²) >= 11 is 0. The molecule has 0 unspecified atom stereocenters. The number of aliphatic hydroxyl groups is 1. The van der Waals surface area contributed by atoms with Crippen molar-refractivity contribution >= 4 is 17.2 Å². The van der Waals surface area contributed by atoms with Crippen LogP contribution in [0.4, 0.5) is 14.5 Å². The summed E-state index contributed by atoms with van der Waals surface area (Å²) in [6, 6.07) is 6.38. The number of anilines is 1. The van der Waals surface area contributed by atoms with Crippen molar-refractivity contribution in [3.8, 4) is 17.0 Å². The standard InChI is InChI=1S/C22H22F2N6O3/c1-13-5-6-17(33-21(23)24)14(9-13)18-16(11-29(28-18)12-22(2,3)32)27-20(31)15-10-26-30-8-4-7-25-19(15)30/h4-11,21,32H,12H2,1-3H3,(H,27,31). The van der Waals surface area contributed by atoms with Gasteiger partial charge in [-0.05, 0) is 39.0 Å². The monoisotopic (exact) mass is 456 g/mol. The summed E-state index contributed by atoms with van der Waals surface area (Å²) in [5.41, 5.74) is 1.01. The molecule has 4 aromatic rings. The molecule has 0 fully saturated rings. The van der Waals surface area contributed by atoms with E-state index in [1.165, 1.54) is 27.7 Å². The maximum atomic E-state index is 13.1. The van der Waals surface area contributed by atoms with Crippen molar-refractivity contribution in [3.05, 3.63) is 60.2 Å². The molecule has 0 saturated heterocycles. The van der Waals surface area contributed by atoms with Gasteiger partial charge in [-0.15, -0.1) is 0 Å². The van der Waals surface area contributed by atoms with Crippen molar-refractivity contribution in [2.24, 2.45) is 0 Å². The van der Waals surface area contributed by atoms with E-state index in [1.807, 2.05) is 0 Å². The molecule has 2 N–H and O–H groups in total. The zero-order valence-corrected chi connectivity index (χ0v) is 18.2. The highest BCUT2D eigenvalue weighted by molar-refractivity contribution is 6.09. The zero-order chi connectivity index (χ0) is 23.8. The molecule has 0 spiro atoms. The lowest BCUT2D eigenvalue weighted by Gasteiger charge is -2.16. The van der Waals surface area contributed by atoms with Crippen LogP contribution in [0, 0.1) is 6.92 Å². The summed E-state index contributed by atoms with van der Waals surface area (Å²) in [5.74, 6) is -0.589. The molecule has 3 heterocycles. The van der Waals surface area contributed by atoms with Crippen molar-refractivity contribution in [1.82, 2.24) is 24.4 Å². The highest BCUT2D eigenvalue weighted by atomic mass is 19.3. The first kappa shape index (κ1) is 22.3. The molecule has 0 bridgehead atoms. The molecule has 9 nitrogen and oxygen atoms in total. The Kier molecular flexibility index (Phi) is 5.81. The topological polar surface area (TPSA) is 107 Å². The molecule has 0 aliphatic rings. The van der Waals surface area contributed by atoms with Crippen LogP contribution in [0.5, 0.6) is 5.75 Å². The van der Waals surface area contributed by atoms with Crippen LogP contribution in [0.25, 0.3) is 16.9 Å². The van der Waals surface area contributed by atoms with Gasteiger partial charge in [-0.2, -0.15) is 19.0 Å². The van der Waals surface area contributed by atoms with Crippen molar-refractivity contribution in [2.75, 3.05) is 5.32 Å². The molecule has 11 heteroatoms. The van der Waals surface area contributed by atoms with Gasteiger partial charge in [-0.1, -0.05) is 11.6 Å². The van der Waals surface area contributed by atoms with E-state index in [9.17, 15) is 18.7 Å². The molecule has 3 aromatic heterocycles. The van der Waals surface area contributed by atoms with Gasteiger partial charge in [0.05, 0.1) is 24.0 Å². The van der Waals surface area contributed by atoms with Gasteiger partial charge >= 0.3 is 6.61 Å². The summed E-state index contributed by atoms with van der Waals surface area (Å²) in [6.07, 6.45) is 6.11. The van der Waals surface area contributed by atoms with Crippen LogP contribution in [0.15, 0.2) is 49.1 Å². The van der Waals surface area contributed by atoms with E-state index in [0.29, 0.717) is 5.65 Å². The van der Waals surface area contributed by atoms with E-state index in [2.05, 4.69) is 25.2 Å². The molecule has 172 valence electrons. The lowest BCUT2D eigenvalue weighted by atomic mass is 10.1. The van der Waals surface area contributed by atoms with Crippen LogP contribution in [-0.2, 0) is 6.54 Å². The fourth-order valence-corrected chi connectivity index (χ4v) is 3.39. The number of aromatic nitrogens is 5. The number of carbonyl (C=O) groups is 1. The summed E-state index contributed by atoms with van der Waals surface area (Å²) in [6.45, 7) is 2.08. The normalized spacial score (nSPS) is 11.8. The number of carbonyl (C=O) groups excluding carboxylic acids is 1. The molecule has 0 atom stereocenters. The van der Waals surface area contributed by atoms with E-state index in [-0.39, 0.29) is 34.8 Å². The number of hydrogen-bond acceptors (Lipinski definition) is 6. The molecule has 0 radical (unpaired) electrons. The van der Waals surface area contributed by atoms with Crippen LogP contribution < -0.4 is 10.1 Å². The van der Waals surface area contributed by atoms with E-state index in [0.717, 1.165) is 5.56 Å². The summed E-state index contributed by atoms with van der Waals surface area (Å²) in [7, 11) is 0. The van der Waals surface area contributed by atoms with Crippen LogP contribution >= 0.6 is 0 Å². The van der Waals surface area contributed by atoms with Crippen molar-refractivity contribution in [3.63, 3.8) is 0 Å². The Labute approximate surface area is 187 Å². The predicted octanol–water partition coefficient (Wildman–Crippen LogP) is 3.53. The van der Waals surface area contributed by atoms with Crippen LogP contribution in [0.1, 0.15) is 29.8 Å². The van der Waals surface area contributed by atoms with Crippen molar-refractivity contribution < 1.29 is 23.4 Å². The quantitative estimate of drug-likeness (QED) is 0.441. The van der Waals surface area contributed by atoms with Gasteiger partial charge in [0.1, 0.15) is 17.0 Å². The second-order valence-electron chi connectivity index (χ2n) is 8.18. The summed E-state index contributed by atoms with van der Waals surface area (Å²) < 4.78 is 33.6. The zero-order valence-electron chi connectivity index (χ0n) is 18.2. The maximum Gasteiger partial charge on any atom is 0.387 e. The number of nitrogens with one attached hydrogen (secondary N) is 1. The van der Waals surface area contributed by atoms with Gasteiger partial charge < -0.3 is 15.2 Å². The second kappa shape index (κ2) is 8.58. The number of aryl methyl sites for hydroxylation is 1. The number of amides is 1. The van der Waals surface area contributed by atoms with E-state index >= 15 is 0 Å². The fraction of sp³-hybridized carbons (Fsp3) is 0.273. The van der Waals surface area contributed by atoms with E-state index in [1.54, 1.807) is 51.4 Å². The highest BCUT2D eigenvalue weighted by Crippen LogP contribution is 2.36. The number of nitrogens with zero attached hydrogens (tertiary/aromatic N) is 5. The average Bonchev–Trinajstić information content (AvgIpc) is 3.31. The van der Waals surface area contributed by atoms with Crippen LogP contribution in [-0.4, -0.2) is 47.6 Å². The van der Waals surface area contributed by atoms with Gasteiger partial charge in [-0.3, -0.25) is 9.48 Å². The SMILES string of the molecule is Cc1ccc(OC(F)F)c(-c2nn(CC(C)(C)O)cc2NC(=O)c2cnn3cccnc23)c1. The Morgan fingerprint density at radius 3 is 2.85 bits per heavy atom. The average molecular weight is 456 g/mol. The van der Waals surface area contributed by atoms with Crippen LogP contribution in [0.3, 0.4) is 0 Å². The molecular weight excluding hydrogens is 434 g/mol. The number of rotatable bonds is 7. The Balaban J connectivity index is 1.78. The lowest BCUT2D eigenvalue weighted by Crippen LogP contribution is -2.26. The molecule has 0 aliphatic carbocycles. The second-order valence-corrected chi connectivity index (χ2v) is 8.18. The smallest absolute Gasteiger partial charge is 0.387 e. The van der Waals surface area contributed by atoms with Gasteiger partial charge in [0.2, 0.25) is 0 Å². The Hall–Kier alpha value is -3.86. The minimum absolute atomic E-state index is 0.0859. The molecular formula is C22H22F2N6O3. The van der Waals surface area contributed by atoms with Gasteiger partial charge in [0, 0.05) is 24.2 Å². The minimum Gasteiger partial charge on any atom is -0.434 e. The largest absolute Gasteiger partial charge is 0.434 e. The molecule has 1 amide bonds. The number of ether oxygens (including phenoxy) is 1. The summed E-state index contributed by atoms with van der Waals surface area (Å²) in [5, 5.41) is 21.6. The first-order valence-corrected chi connectivity index (χ1v) is 10.1. The number of alkyl halides is 2. The third-order valence-corrected chi connectivity index (χ3v) is 4.69. The Morgan fingerprint density at radius 2 is 2.12 bits per heavy atom. The van der Waals surface area contributed by atoms with Gasteiger partial charge in [0.25, 0.3) is 5.91 Å². The highest BCUT2D eigenvalue weighted by Gasteiger charge is 2.23. The van der Waals surface area contributed by atoms with Crippen LogP contribution in [0.2, 0.25) is 0 Å². The van der Waals surface area contributed by atoms with Crippen molar-refractivity contribution in [2.45, 2.75) is 39.5 Å². The third-order valence-electron chi connectivity index (χ3n) is 4.69. The number of hydrogen-bond donors (Lipinski definition) is 2. The molecule has 0 saturated carbocycles. The first-order chi connectivity index (χ1) is 15.6. The fourth-order valence-electron chi connectivity index (χ4n) is 3.39. The number of benzene rings is 1. The van der Waals surface area contributed by atoms with Gasteiger partial charge in [0.15, 0.2) is 5.65 Å². The summed E-state index contributed by atoms with van der Waals surface area (Å²) in [4.78, 5) is 17.2. The maximum absolute atomic E-state index is 13.1. The Bertz CT molecular complexity index is 1310. The predicted molar refractivity (Wildman–Crippen MR) is 116 cm³/mol. The number of fused-ring (bicyclic) bond motifs is 1. The van der Waals surface area contributed by atoms with E-state index < -0.39 is 18.1 Å². The molecule has 33 heavy (non-hydrogen) atoms. The minimum atomic E-state index is -3.03. The molecule has 1 aromatic carbocycles. The Morgan fingerprint density at radius 1 is 1.33 bits per heavy atom. The lowest BCUT2D eigenvalue weighted by molar-refractivity contribution is -0.0494. The molecule has 4 rings (SSSR count). The first-order valence-electron chi connectivity index (χ1n) is 10.1. The molecule has 0 aliphatic heterocycles. The third kappa shape index (κ3) is 4.98.